The minimum absolute atomic E-state index is 0.176. The lowest BCUT2D eigenvalue weighted by Crippen LogP contribution is -2.06. The Bertz CT molecular complexity index is 748. The third kappa shape index (κ3) is 3.73. The third-order valence-corrected chi connectivity index (χ3v) is 4.24. The van der Waals surface area contributed by atoms with Gasteiger partial charge >= 0.3 is 5.97 Å². The number of halogens is 1. The molecular formula is C17H18BrNO5. The highest BCUT2D eigenvalue weighted by molar-refractivity contribution is 9.10. The highest BCUT2D eigenvalue weighted by Gasteiger charge is 2.15. The zero-order chi connectivity index (χ0) is 17.7. The molecular weight excluding hydrogens is 378 g/mol. The summed E-state index contributed by atoms with van der Waals surface area (Å²) < 4.78 is 16.9. The van der Waals surface area contributed by atoms with Crippen LogP contribution in [0.15, 0.2) is 34.8 Å². The van der Waals surface area contributed by atoms with Crippen molar-refractivity contribution < 1.29 is 24.1 Å². The zero-order valence-corrected chi connectivity index (χ0v) is 15.1. The van der Waals surface area contributed by atoms with Crippen LogP contribution in [0.1, 0.15) is 15.9 Å². The average molecular weight is 396 g/mol. The van der Waals surface area contributed by atoms with Crippen molar-refractivity contribution >= 4 is 27.6 Å². The maximum absolute atomic E-state index is 11.2. The molecule has 0 radical (unpaired) electrons. The number of nitrogens with one attached hydrogen (secondary N) is 1. The molecule has 7 heteroatoms. The highest BCUT2D eigenvalue weighted by atomic mass is 79.9. The summed E-state index contributed by atoms with van der Waals surface area (Å²) in [6.45, 7) is 0.389. The van der Waals surface area contributed by atoms with E-state index in [1.807, 2.05) is 6.07 Å². The minimum Gasteiger partial charge on any atom is -0.495 e. The number of benzene rings is 2. The van der Waals surface area contributed by atoms with Crippen LogP contribution in [0.3, 0.4) is 0 Å². The highest BCUT2D eigenvalue weighted by Crippen LogP contribution is 2.37. The van der Waals surface area contributed by atoms with Crippen LogP contribution < -0.4 is 19.5 Å². The molecule has 24 heavy (non-hydrogen) atoms. The standard InChI is InChI=1S/C17H18BrNO5/c1-22-14-6-4-10(17(20)21)8-13(14)19-9-11-12(18)5-7-15(23-2)16(11)24-3/h4-8,19H,9H2,1-3H3,(H,20,21). The molecule has 128 valence electrons. The van der Waals surface area contributed by atoms with E-state index in [-0.39, 0.29) is 5.56 Å². The van der Waals surface area contributed by atoms with Crippen molar-refractivity contribution in [3.8, 4) is 17.2 Å². The normalized spacial score (nSPS) is 10.2. The number of rotatable bonds is 7. The number of hydrogen-bond donors (Lipinski definition) is 2. The van der Waals surface area contributed by atoms with Gasteiger partial charge in [-0.15, -0.1) is 0 Å². The van der Waals surface area contributed by atoms with Crippen LogP contribution >= 0.6 is 15.9 Å². The number of aromatic carboxylic acids is 1. The van der Waals surface area contributed by atoms with Gasteiger partial charge in [0.15, 0.2) is 11.5 Å². The van der Waals surface area contributed by atoms with E-state index in [1.54, 1.807) is 26.4 Å². The first-order chi connectivity index (χ1) is 11.5. The second-order valence-electron chi connectivity index (χ2n) is 4.84. The van der Waals surface area contributed by atoms with E-state index in [9.17, 15) is 4.79 Å². The number of carboxylic acid groups (broad SMARTS) is 1. The summed E-state index contributed by atoms with van der Waals surface area (Å²) in [5, 5.41) is 12.3. The molecule has 2 rings (SSSR count). The van der Waals surface area contributed by atoms with E-state index in [0.29, 0.717) is 29.5 Å². The summed E-state index contributed by atoms with van der Waals surface area (Å²) in [5.74, 6) is 0.773. The Labute approximate surface area is 148 Å². The van der Waals surface area contributed by atoms with Crippen molar-refractivity contribution in [2.24, 2.45) is 0 Å². The molecule has 0 unspecified atom stereocenters. The van der Waals surface area contributed by atoms with E-state index in [0.717, 1.165) is 10.0 Å². The van der Waals surface area contributed by atoms with Crippen molar-refractivity contribution in [3.05, 3.63) is 45.9 Å². The molecule has 2 aromatic rings. The molecule has 0 fully saturated rings. The Hall–Kier alpha value is -2.41. The average Bonchev–Trinajstić information content (AvgIpc) is 2.59. The first-order valence-corrected chi connectivity index (χ1v) is 7.85. The molecule has 2 N–H and O–H groups in total. The van der Waals surface area contributed by atoms with Gasteiger partial charge in [-0.3, -0.25) is 0 Å². The van der Waals surface area contributed by atoms with Crippen molar-refractivity contribution in [1.82, 2.24) is 0 Å². The summed E-state index contributed by atoms with van der Waals surface area (Å²) in [6, 6.07) is 8.31. The van der Waals surface area contributed by atoms with Crippen molar-refractivity contribution in [3.63, 3.8) is 0 Å². The molecule has 2 aromatic carbocycles. The molecule has 0 bridgehead atoms. The van der Waals surface area contributed by atoms with E-state index >= 15 is 0 Å². The lowest BCUT2D eigenvalue weighted by Gasteiger charge is -2.17. The lowest BCUT2D eigenvalue weighted by atomic mass is 10.1. The molecule has 0 aromatic heterocycles. The number of hydrogen-bond acceptors (Lipinski definition) is 5. The summed E-state index contributed by atoms with van der Waals surface area (Å²) >= 11 is 3.50. The van der Waals surface area contributed by atoms with Crippen LogP contribution in [0.25, 0.3) is 0 Å². The number of ether oxygens (including phenoxy) is 3. The van der Waals surface area contributed by atoms with Gasteiger partial charge in [-0.25, -0.2) is 4.79 Å². The lowest BCUT2D eigenvalue weighted by molar-refractivity contribution is 0.0697. The fraction of sp³-hybridized carbons (Fsp3) is 0.235. The van der Waals surface area contributed by atoms with Crippen LogP contribution in [-0.2, 0) is 6.54 Å². The number of methoxy groups -OCH3 is 3. The van der Waals surface area contributed by atoms with Gasteiger partial charge in [-0.1, -0.05) is 15.9 Å². The van der Waals surface area contributed by atoms with Gasteiger partial charge in [-0.05, 0) is 30.3 Å². The van der Waals surface area contributed by atoms with Gasteiger partial charge in [0.1, 0.15) is 5.75 Å². The quantitative estimate of drug-likeness (QED) is 0.742. The van der Waals surface area contributed by atoms with Gasteiger partial charge in [0.25, 0.3) is 0 Å². The minimum atomic E-state index is -0.999. The van der Waals surface area contributed by atoms with E-state index in [2.05, 4.69) is 21.2 Å². The Morgan fingerprint density at radius 2 is 1.75 bits per heavy atom. The van der Waals surface area contributed by atoms with Gasteiger partial charge < -0.3 is 24.6 Å². The van der Waals surface area contributed by atoms with Crippen LogP contribution in [0.5, 0.6) is 17.2 Å². The van der Waals surface area contributed by atoms with Crippen LogP contribution in [-0.4, -0.2) is 32.4 Å². The largest absolute Gasteiger partial charge is 0.495 e. The van der Waals surface area contributed by atoms with Gasteiger partial charge in [0, 0.05) is 16.6 Å². The Morgan fingerprint density at radius 3 is 2.33 bits per heavy atom. The first kappa shape index (κ1) is 17.9. The molecule has 0 saturated carbocycles. The van der Waals surface area contributed by atoms with Crippen molar-refractivity contribution in [2.75, 3.05) is 26.6 Å². The summed E-state index contributed by atoms with van der Waals surface area (Å²) in [6.07, 6.45) is 0. The summed E-state index contributed by atoms with van der Waals surface area (Å²) in [4.78, 5) is 11.2. The van der Waals surface area contributed by atoms with Crippen LogP contribution in [0.4, 0.5) is 5.69 Å². The second kappa shape index (κ2) is 7.92. The Morgan fingerprint density at radius 1 is 1.08 bits per heavy atom. The molecule has 0 amide bonds. The zero-order valence-electron chi connectivity index (χ0n) is 13.6. The van der Waals surface area contributed by atoms with Crippen LogP contribution in [0.2, 0.25) is 0 Å². The Balaban J connectivity index is 2.34. The molecule has 0 saturated heterocycles. The smallest absolute Gasteiger partial charge is 0.335 e. The summed E-state index contributed by atoms with van der Waals surface area (Å²) in [5.41, 5.74) is 1.60. The topological polar surface area (TPSA) is 77.0 Å². The van der Waals surface area contributed by atoms with Gasteiger partial charge in [0.05, 0.1) is 32.6 Å². The molecule has 0 atom stereocenters. The van der Waals surface area contributed by atoms with Crippen molar-refractivity contribution in [1.29, 1.82) is 0 Å². The third-order valence-electron chi connectivity index (χ3n) is 3.49. The monoisotopic (exact) mass is 395 g/mol. The predicted octanol–water partition coefficient (Wildman–Crippen LogP) is 3.79. The number of anilines is 1. The maximum Gasteiger partial charge on any atom is 0.335 e. The van der Waals surface area contributed by atoms with E-state index in [4.69, 9.17) is 19.3 Å². The molecule has 6 nitrogen and oxygen atoms in total. The fourth-order valence-electron chi connectivity index (χ4n) is 2.29. The molecule has 0 heterocycles. The van der Waals surface area contributed by atoms with E-state index in [1.165, 1.54) is 19.2 Å². The summed E-state index contributed by atoms with van der Waals surface area (Å²) in [7, 11) is 4.67. The fourth-order valence-corrected chi connectivity index (χ4v) is 2.75. The van der Waals surface area contributed by atoms with Crippen LogP contribution in [0, 0.1) is 0 Å². The number of carboxylic acids is 1. The number of carbonyl (C=O) groups is 1. The molecule has 0 aliphatic rings. The second-order valence-corrected chi connectivity index (χ2v) is 5.69. The van der Waals surface area contributed by atoms with Crippen molar-refractivity contribution in [2.45, 2.75) is 6.54 Å². The van der Waals surface area contributed by atoms with Gasteiger partial charge in [-0.2, -0.15) is 0 Å². The van der Waals surface area contributed by atoms with E-state index < -0.39 is 5.97 Å². The van der Waals surface area contributed by atoms with Gasteiger partial charge in [0.2, 0.25) is 0 Å². The molecule has 0 aliphatic heterocycles. The first-order valence-electron chi connectivity index (χ1n) is 7.06. The molecule has 0 aliphatic carbocycles. The molecule has 0 spiro atoms. The Kier molecular flexibility index (Phi) is 5.92. The SMILES string of the molecule is COc1ccc(C(=O)O)cc1NCc1c(Br)ccc(OC)c1OC. The predicted molar refractivity (Wildman–Crippen MR) is 94.5 cm³/mol. The maximum atomic E-state index is 11.2.